The van der Waals surface area contributed by atoms with Crippen molar-refractivity contribution in [1.29, 1.82) is 0 Å². The van der Waals surface area contributed by atoms with Crippen LogP contribution in [-0.4, -0.2) is 18.4 Å². The lowest BCUT2D eigenvalue weighted by atomic mass is 9.91. The number of rotatable bonds is 6. The maximum Gasteiger partial charge on any atom is 0.276 e. The van der Waals surface area contributed by atoms with Gasteiger partial charge in [-0.1, -0.05) is 91.0 Å². The van der Waals surface area contributed by atoms with Crippen LogP contribution in [0.25, 0.3) is 10.8 Å². The maximum absolute atomic E-state index is 12.9. The van der Waals surface area contributed by atoms with Gasteiger partial charge >= 0.3 is 0 Å². The van der Waals surface area contributed by atoms with Crippen LogP contribution in [0.5, 0.6) is 5.75 Å². The molecule has 0 spiro atoms. The molecule has 0 radical (unpaired) electrons. The molecule has 0 atom stereocenters. The summed E-state index contributed by atoms with van der Waals surface area (Å²) in [7, 11) is 0. The molecule has 0 saturated heterocycles. The van der Waals surface area contributed by atoms with Gasteiger partial charge in [0, 0.05) is 0 Å². The van der Waals surface area contributed by atoms with Crippen LogP contribution < -0.4 is 15.6 Å². The summed E-state index contributed by atoms with van der Waals surface area (Å²) in [6.07, 6.45) is 0. The van der Waals surface area contributed by atoms with Gasteiger partial charge in [-0.25, -0.2) is 0 Å². The van der Waals surface area contributed by atoms with Crippen molar-refractivity contribution >= 4 is 22.6 Å². The highest BCUT2D eigenvalue weighted by Crippen LogP contribution is 2.24. The number of carbonyl (C=O) groups excluding carboxylic acids is 2. The first-order chi connectivity index (χ1) is 15.2. The molecule has 0 heterocycles. The van der Waals surface area contributed by atoms with Crippen LogP contribution in [0, 0.1) is 0 Å². The zero-order valence-electron chi connectivity index (χ0n) is 16.8. The van der Waals surface area contributed by atoms with Gasteiger partial charge in [0.15, 0.2) is 6.61 Å². The molecule has 5 nitrogen and oxygen atoms in total. The van der Waals surface area contributed by atoms with Gasteiger partial charge in [-0.15, -0.1) is 0 Å². The SMILES string of the molecule is O=C(COc1ccc2ccccc2c1)NNC(=O)C(c1ccccc1)c1ccccc1. The van der Waals surface area contributed by atoms with E-state index in [0.717, 1.165) is 21.9 Å². The number of nitrogens with one attached hydrogen (secondary N) is 2. The summed E-state index contributed by atoms with van der Waals surface area (Å²) in [4.78, 5) is 25.1. The smallest absolute Gasteiger partial charge is 0.276 e. The molecule has 5 heteroatoms. The second-order valence-electron chi connectivity index (χ2n) is 7.09. The van der Waals surface area contributed by atoms with Crippen molar-refractivity contribution < 1.29 is 14.3 Å². The molecule has 0 fully saturated rings. The fourth-order valence-electron chi connectivity index (χ4n) is 3.43. The lowest BCUT2D eigenvalue weighted by molar-refractivity contribution is -0.130. The zero-order chi connectivity index (χ0) is 21.5. The van der Waals surface area contributed by atoms with E-state index >= 15 is 0 Å². The molecule has 4 aromatic rings. The third-order valence-corrected chi connectivity index (χ3v) is 4.94. The quantitative estimate of drug-likeness (QED) is 0.468. The van der Waals surface area contributed by atoms with Crippen LogP contribution in [0.2, 0.25) is 0 Å². The Kier molecular flexibility index (Phi) is 6.24. The molecular weight excluding hydrogens is 388 g/mol. The number of hydrogen-bond donors (Lipinski definition) is 2. The highest BCUT2D eigenvalue weighted by molar-refractivity contribution is 5.89. The number of fused-ring (bicyclic) bond motifs is 1. The molecule has 0 bridgehead atoms. The maximum atomic E-state index is 12.9. The van der Waals surface area contributed by atoms with E-state index in [1.54, 1.807) is 0 Å². The molecule has 0 unspecified atom stereocenters. The lowest BCUT2D eigenvalue weighted by Crippen LogP contribution is -2.46. The third kappa shape index (κ3) is 5.08. The van der Waals surface area contributed by atoms with Gasteiger partial charge in [-0.2, -0.15) is 0 Å². The van der Waals surface area contributed by atoms with Crippen molar-refractivity contribution in [3.8, 4) is 5.75 Å². The first-order valence-electron chi connectivity index (χ1n) is 10.0. The third-order valence-electron chi connectivity index (χ3n) is 4.94. The molecule has 0 saturated carbocycles. The minimum Gasteiger partial charge on any atom is -0.484 e. The normalized spacial score (nSPS) is 10.6. The summed E-state index contributed by atoms with van der Waals surface area (Å²) < 4.78 is 5.57. The number of amides is 2. The molecule has 0 aliphatic heterocycles. The Morgan fingerprint density at radius 3 is 1.90 bits per heavy atom. The average Bonchev–Trinajstić information content (AvgIpc) is 2.83. The summed E-state index contributed by atoms with van der Waals surface area (Å²) in [5, 5.41) is 2.13. The Hall–Kier alpha value is -4.12. The summed E-state index contributed by atoms with van der Waals surface area (Å²) >= 11 is 0. The Labute approximate surface area is 180 Å². The van der Waals surface area contributed by atoms with Crippen molar-refractivity contribution in [3.63, 3.8) is 0 Å². The fraction of sp³-hybridized carbons (Fsp3) is 0.0769. The molecule has 2 amide bonds. The molecule has 31 heavy (non-hydrogen) atoms. The summed E-state index contributed by atoms with van der Waals surface area (Å²) in [6, 6.07) is 32.4. The molecule has 2 N–H and O–H groups in total. The molecule has 4 aromatic carbocycles. The largest absolute Gasteiger partial charge is 0.484 e. The number of ether oxygens (including phenoxy) is 1. The fourth-order valence-corrected chi connectivity index (χ4v) is 3.43. The summed E-state index contributed by atoms with van der Waals surface area (Å²) in [6.45, 7) is -0.208. The number of hydrazine groups is 1. The van der Waals surface area contributed by atoms with Gasteiger partial charge < -0.3 is 4.74 Å². The topological polar surface area (TPSA) is 67.4 Å². The van der Waals surface area contributed by atoms with Gasteiger partial charge in [0.25, 0.3) is 5.91 Å². The lowest BCUT2D eigenvalue weighted by Gasteiger charge is -2.18. The van der Waals surface area contributed by atoms with E-state index in [-0.39, 0.29) is 12.5 Å². The van der Waals surface area contributed by atoms with Crippen molar-refractivity contribution in [2.45, 2.75) is 5.92 Å². The van der Waals surface area contributed by atoms with Gasteiger partial charge in [-0.05, 0) is 34.0 Å². The van der Waals surface area contributed by atoms with E-state index in [9.17, 15) is 9.59 Å². The Morgan fingerprint density at radius 1 is 0.677 bits per heavy atom. The summed E-state index contributed by atoms with van der Waals surface area (Å²) in [5.74, 6) is -0.714. The Morgan fingerprint density at radius 2 is 1.26 bits per heavy atom. The van der Waals surface area contributed by atoms with Crippen LogP contribution in [0.1, 0.15) is 17.0 Å². The minimum atomic E-state index is -0.538. The van der Waals surface area contributed by atoms with E-state index in [2.05, 4.69) is 10.9 Å². The van der Waals surface area contributed by atoms with E-state index in [1.807, 2.05) is 103 Å². The highest BCUT2D eigenvalue weighted by atomic mass is 16.5. The van der Waals surface area contributed by atoms with Crippen molar-refractivity contribution in [2.24, 2.45) is 0 Å². The van der Waals surface area contributed by atoms with E-state index < -0.39 is 11.8 Å². The van der Waals surface area contributed by atoms with Crippen LogP contribution in [0.15, 0.2) is 103 Å². The number of benzene rings is 4. The Balaban J connectivity index is 1.37. The Bertz CT molecular complexity index is 1140. The van der Waals surface area contributed by atoms with Gasteiger partial charge in [-0.3, -0.25) is 20.4 Å². The first kappa shape index (κ1) is 20.2. The molecule has 154 valence electrons. The molecule has 0 aromatic heterocycles. The molecule has 0 aliphatic carbocycles. The van der Waals surface area contributed by atoms with Crippen LogP contribution in [-0.2, 0) is 9.59 Å². The van der Waals surface area contributed by atoms with Crippen LogP contribution in [0.4, 0.5) is 0 Å². The molecule has 0 aliphatic rings. The molecule has 4 rings (SSSR count). The minimum absolute atomic E-state index is 0.208. The standard InChI is InChI=1S/C26H22N2O3/c29-24(18-31-23-16-15-19-9-7-8-14-22(19)17-23)27-28-26(30)25(20-10-3-1-4-11-20)21-12-5-2-6-13-21/h1-17,25H,18H2,(H,27,29)(H,28,30). The second-order valence-corrected chi connectivity index (χ2v) is 7.09. The zero-order valence-corrected chi connectivity index (χ0v) is 16.8. The highest BCUT2D eigenvalue weighted by Gasteiger charge is 2.22. The number of carbonyl (C=O) groups is 2. The van der Waals surface area contributed by atoms with Crippen molar-refractivity contribution in [3.05, 3.63) is 114 Å². The predicted molar refractivity (Wildman–Crippen MR) is 120 cm³/mol. The predicted octanol–water partition coefficient (Wildman–Crippen LogP) is 4.20. The second kappa shape index (κ2) is 9.59. The van der Waals surface area contributed by atoms with Crippen LogP contribution in [0.3, 0.4) is 0 Å². The van der Waals surface area contributed by atoms with Crippen molar-refractivity contribution in [1.82, 2.24) is 10.9 Å². The van der Waals surface area contributed by atoms with E-state index in [0.29, 0.717) is 5.75 Å². The average molecular weight is 410 g/mol. The van der Waals surface area contributed by atoms with Gasteiger partial charge in [0.05, 0.1) is 5.92 Å². The monoisotopic (exact) mass is 410 g/mol. The van der Waals surface area contributed by atoms with Crippen molar-refractivity contribution in [2.75, 3.05) is 6.61 Å². The van der Waals surface area contributed by atoms with Gasteiger partial charge in [0.2, 0.25) is 5.91 Å². The summed E-state index contributed by atoms with van der Waals surface area (Å²) in [5.41, 5.74) is 6.65. The van der Waals surface area contributed by atoms with E-state index in [1.165, 1.54) is 0 Å². The first-order valence-corrected chi connectivity index (χ1v) is 10.0. The number of hydrogen-bond acceptors (Lipinski definition) is 3. The van der Waals surface area contributed by atoms with Gasteiger partial charge in [0.1, 0.15) is 5.75 Å². The van der Waals surface area contributed by atoms with E-state index in [4.69, 9.17) is 4.74 Å². The molecular formula is C26H22N2O3. The van der Waals surface area contributed by atoms with Crippen LogP contribution >= 0.6 is 0 Å².